The summed E-state index contributed by atoms with van der Waals surface area (Å²) in [4.78, 5) is 8.77. The summed E-state index contributed by atoms with van der Waals surface area (Å²) in [6.07, 6.45) is 6.20. The van der Waals surface area contributed by atoms with Crippen LogP contribution in [-0.4, -0.2) is 22.6 Å². The molecule has 0 radical (unpaired) electrons. The van der Waals surface area contributed by atoms with Gasteiger partial charge in [-0.05, 0) is 31.9 Å². The maximum atomic E-state index is 4.45. The number of rotatable bonds is 8. The van der Waals surface area contributed by atoms with Crippen molar-refractivity contribution in [3.8, 4) is 0 Å². The van der Waals surface area contributed by atoms with E-state index in [2.05, 4.69) is 49.0 Å². The smallest absolute Gasteiger partial charge is 0.115 e. The molecule has 0 saturated carbocycles. The van der Waals surface area contributed by atoms with Gasteiger partial charge in [0.25, 0.3) is 0 Å². The lowest BCUT2D eigenvalue weighted by atomic mass is 9.95. The Morgan fingerprint density at radius 1 is 1.17 bits per heavy atom. The van der Waals surface area contributed by atoms with Crippen molar-refractivity contribution in [3.63, 3.8) is 0 Å². The Labute approximate surface area is 111 Å². The van der Waals surface area contributed by atoms with Crippen LogP contribution in [0.5, 0.6) is 0 Å². The molecule has 2 unspecified atom stereocenters. The lowest BCUT2D eigenvalue weighted by Gasteiger charge is -2.23. The van der Waals surface area contributed by atoms with Gasteiger partial charge in [-0.25, -0.2) is 9.97 Å². The Kier molecular flexibility index (Phi) is 6.88. The number of aryl methyl sites for hydroxylation is 1. The third-order valence-corrected chi connectivity index (χ3v) is 3.42. The summed E-state index contributed by atoms with van der Waals surface area (Å²) in [5.74, 6) is 0.445. The Balaban J connectivity index is 2.73. The van der Waals surface area contributed by atoms with E-state index < -0.39 is 0 Å². The minimum Gasteiger partial charge on any atom is -0.313 e. The predicted molar refractivity (Wildman–Crippen MR) is 76.8 cm³/mol. The van der Waals surface area contributed by atoms with Crippen LogP contribution < -0.4 is 5.32 Å². The number of nitrogens with one attached hydrogen (secondary N) is 1. The van der Waals surface area contributed by atoms with Gasteiger partial charge in [-0.15, -0.1) is 0 Å². The summed E-state index contributed by atoms with van der Waals surface area (Å²) in [6, 6.07) is 2.68. The molecule has 0 aliphatic rings. The maximum absolute atomic E-state index is 4.45. The monoisotopic (exact) mass is 249 g/mol. The van der Waals surface area contributed by atoms with E-state index in [1.165, 1.54) is 17.8 Å². The van der Waals surface area contributed by atoms with Gasteiger partial charge in [0.1, 0.15) is 6.33 Å². The van der Waals surface area contributed by atoms with Crippen LogP contribution in [-0.2, 0) is 6.42 Å². The molecule has 1 rings (SSSR count). The van der Waals surface area contributed by atoms with Crippen LogP contribution in [0.2, 0.25) is 0 Å². The van der Waals surface area contributed by atoms with E-state index in [0.717, 1.165) is 25.8 Å². The molecule has 0 aromatic carbocycles. The lowest BCUT2D eigenvalue weighted by Crippen LogP contribution is -2.34. The second-order valence-corrected chi connectivity index (χ2v) is 4.94. The summed E-state index contributed by atoms with van der Waals surface area (Å²) in [7, 11) is 0. The highest BCUT2D eigenvalue weighted by Gasteiger charge is 2.18. The van der Waals surface area contributed by atoms with E-state index in [-0.39, 0.29) is 0 Å². The van der Waals surface area contributed by atoms with Crippen LogP contribution >= 0.6 is 0 Å². The standard InChI is InChI=1S/C15H27N3/c1-5-8-13-10-15(18-11-17-13)12(4)14(7-3)16-9-6-2/h10-12,14,16H,5-9H2,1-4H3. The predicted octanol–water partition coefficient (Wildman–Crippen LogP) is 3.31. The fourth-order valence-corrected chi connectivity index (χ4v) is 2.27. The molecule has 0 spiro atoms. The average Bonchev–Trinajstić information content (AvgIpc) is 2.40. The molecule has 2 atom stereocenters. The molecule has 0 aliphatic carbocycles. The van der Waals surface area contributed by atoms with Crippen molar-refractivity contribution in [1.82, 2.24) is 15.3 Å². The SMILES string of the molecule is CCCNC(CC)C(C)c1cc(CCC)ncn1. The van der Waals surface area contributed by atoms with Crippen LogP contribution in [0.15, 0.2) is 12.4 Å². The van der Waals surface area contributed by atoms with E-state index >= 15 is 0 Å². The first kappa shape index (κ1) is 15.1. The van der Waals surface area contributed by atoms with Gasteiger partial charge >= 0.3 is 0 Å². The topological polar surface area (TPSA) is 37.8 Å². The summed E-state index contributed by atoms with van der Waals surface area (Å²) in [5, 5.41) is 3.61. The lowest BCUT2D eigenvalue weighted by molar-refractivity contribution is 0.432. The number of hydrogen-bond acceptors (Lipinski definition) is 3. The van der Waals surface area contributed by atoms with Crippen molar-refractivity contribution < 1.29 is 0 Å². The van der Waals surface area contributed by atoms with Gasteiger partial charge in [0.05, 0.1) is 0 Å². The number of hydrogen-bond donors (Lipinski definition) is 1. The molecule has 0 aliphatic heterocycles. The van der Waals surface area contributed by atoms with Crippen molar-refractivity contribution in [1.29, 1.82) is 0 Å². The molecule has 1 heterocycles. The summed E-state index contributed by atoms with van der Waals surface area (Å²) >= 11 is 0. The first-order chi connectivity index (χ1) is 8.72. The molecular formula is C15H27N3. The van der Waals surface area contributed by atoms with Crippen LogP contribution in [0.3, 0.4) is 0 Å². The normalized spacial score (nSPS) is 14.4. The maximum Gasteiger partial charge on any atom is 0.115 e. The van der Waals surface area contributed by atoms with Gasteiger partial charge in [0.15, 0.2) is 0 Å². The first-order valence-electron chi connectivity index (χ1n) is 7.27. The zero-order valence-electron chi connectivity index (χ0n) is 12.2. The molecule has 3 nitrogen and oxygen atoms in total. The van der Waals surface area contributed by atoms with Crippen molar-refractivity contribution in [2.45, 2.75) is 65.3 Å². The molecule has 1 aromatic rings. The summed E-state index contributed by atoms with van der Waals surface area (Å²) < 4.78 is 0. The zero-order chi connectivity index (χ0) is 13.4. The molecule has 18 heavy (non-hydrogen) atoms. The van der Waals surface area contributed by atoms with Gasteiger partial charge in [-0.2, -0.15) is 0 Å². The second-order valence-electron chi connectivity index (χ2n) is 4.94. The third-order valence-electron chi connectivity index (χ3n) is 3.42. The summed E-state index contributed by atoms with van der Waals surface area (Å²) in [5.41, 5.74) is 2.34. The first-order valence-corrected chi connectivity index (χ1v) is 7.27. The van der Waals surface area contributed by atoms with Crippen LogP contribution in [0.25, 0.3) is 0 Å². The number of aromatic nitrogens is 2. The van der Waals surface area contributed by atoms with Crippen molar-refractivity contribution in [2.75, 3.05) is 6.54 Å². The molecule has 102 valence electrons. The average molecular weight is 249 g/mol. The Morgan fingerprint density at radius 2 is 1.94 bits per heavy atom. The highest BCUT2D eigenvalue weighted by molar-refractivity contribution is 5.14. The van der Waals surface area contributed by atoms with Gasteiger partial charge in [-0.3, -0.25) is 0 Å². The van der Waals surface area contributed by atoms with Crippen LogP contribution in [0.4, 0.5) is 0 Å². The van der Waals surface area contributed by atoms with Gasteiger partial charge in [0, 0.05) is 23.3 Å². The van der Waals surface area contributed by atoms with Crippen molar-refractivity contribution in [2.24, 2.45) is 0 Å². The minimum atomic E-state index is 0.445. The van der Waals surface area contributed by atoms with Gasteiger partial charge in [0.2, 0.25) is 0 Å². The largest absolute Gasteiger partial charge is 0.313 e. The van der Waals surface area contributed by atoms with E-state index in [1.807, 2.05) is 0 Å². The number of nitrogens with zero attached hydrogens (tertiary/aromatic N) is 2. The highest BCUT2D eigenvalue weighted by Crippen LogP contribution is 2.19. The Hall–Kier alpha value is -0.960. The van der Waals surface area contributed by atoms with E-state index in [1.54, 1.807) is 6.33 Å². The van der Waals surface area contributed by atoms with E-state index in [0.29, 0.717) is 12.0 Å². The fraction of sp³-hybridized carbons (Fsp3) is 0.733. The van der Waals surface area contributed by atoms with E-state index in [9.17, 15) is 0 Å². The van der Waals surface area contributed by atoms with Crippen LogP contribution in [0, 0.1) is 0 Å². The second kappa shape index (κ2) is 8.20. The highest BCUT2D eigenvalue weighted by atomic mass is 14.9. The molecule has 0 amide bonds. The molecular weight excluding hydrogens is 222 g/mol. The molecule has 3 heteroatoms. The molecule has 0 fully saturated rings. The molecule has 0 bridgehead atoms. The van der Waals surface area contributed by atoms with E-state index in [4.69, 9.17) is 0 Å². The third kappa shape index (κ3) is 4.37. The fourth-order valence-electron chi connectivity index (χ4n) is 2.27. The van der Waals surface area contributed by atoms with Crippen LogP contribution in [0.1, 0.15) is 64.3 Å². The Morgan fingerprint density at radius 3 is 2.56 bits per heavy atom. The molecule has 1 N–H and O–H groups in total. The van der Waals surface area contributed by atoms with Crippen molar-refractivity contribution >= 4 is 0 Å². The van der Waals surface area contributed by atoms with Gasteiger partial charge in [-0.1, -0.05) is 34.1 Å². The molecule has 1 aromatic heterocycles. The Bertz CT molecular complexity index is 338. The molecule has 0 saturated heterocycles. The minimum absolute atomic E-state index is 0.445. The van der Waals surface area contributed by atoms with Crippen molar-refractivity contribution in [3.05, 3.63) is 23.8 Å². The zero-order valence-corrected chi connectivity index (χ0v) is 12.2. The summed E-state index contributed by atoms with van der Waals surface area (Å²) in [6.45, 7) is 9.96. The van der Waals surface area contributed by atoms with Gasteiger partial charge < -0.3 is 5.32 Å². The quantitative estimate of drug-likeness (QED) is 0.768.